The molecule has 0 aliphatic carbocycles. The molecule has 0 amide bonds. The highest BCUT2D eigenvalue weighted by Crippen LogP contribution is 2.20. The van der Waals surface area contributed by atoms with E-state index in [2.05, 4.69) is 25.8 Å². The van der Waals surface area contributed by atoms with Crippen LogP contribution in [0, 0.1) is 0 Å². The number of likely N-dealkylation sites (tertiary alicyclic amines) is 2. The Morgan fingerprint density at radius 3 is 2.47 bits per heavy atom. The molecule has 4 nitrogen and oxygen atoms in total. The fourth-order valence-corrected chi connectivity index (χ4v) is 3.37. The summed E-state index contributed by atoms with van der Waals surface area (Å²) in [6.07, 6.45) is 10.9. The molecule has 106 valence electrons. The molecule has 3 rings (SSSR count). The van der Waals surface area contributed by atoms with E-state index in [1.807, 2.05) is 12.3 Å². The second-order valence-electron chi connectivity index (χ2n) is 5.99. The van der Waals surface area contributed by atoms with Gasteiger partial charge in [0.1, 0.15) is 0 Å². The van der Waals surface area contributed by atoms with Crippen LogP contribution in [-0.2, 0) is 0 Å². The van der Waals surface area contributed by atoms with E-state index < -0.39 is 0 Å². The van der Waals surface area contributed by atoms with Gasteiger partial charge in [-0.05, 0) is 38.4 Å². The van der Waals surface area contributed by atoms with E-state index in [4.69, 9.17) is 0 Å². The number of hydrogen-bond acceptors (Lipinski definition) is 3. The van der Waals surface area contributed by atoms with E-state index in [0.717, 1.165) is 0 Å². The molecular formula is C15H26N4. The average Bonchev–Trinajstić information content (AvgIpc) is 3.04. The Kier molecular flexibility index (Phi) is 4.51. The van der Waals surface area contributed by atoms with E-state index >= 15 is 0 Å². The van der Waals surface area contributed by atoms with Gasteiger partial charge in [0.05, 0.1) is 6.04 Å². The van der Waals surface area contributed by atoms with Gasteiger partial charge in [0.25, 0.3) is 0 Å². The minimum atomic E-state index is 0.596. The van der Waals surface area contributed by atoms with Crippen LogP contribution in [0.2, 0.25) is 0 Å². The number of nitrogens with zero attached hydrogens (tertiary/aromatic N) is 4. The zero-order valence-electron chi connectivity index (χ0n) is 11.9. The summed E-state index contributed by atoms with van der Waals surface area (Å²) in [6, 6.07) is 2.62. The Labute approximate surface area is 116 Å². The Bertz CT molecular complexity index is 354. The smallest absolute Gasteiger partial charge is 0.0658 e. The SMILES string of the molecule is c1cnn(C2CCN(CCN3CCCCCC3)C2)c1. The van der Waals surface area contributed by atoms with Gasteiger partial charge in [-0.25, -0.2) is 0 Å². The Hall–Kier alpha value is -0.870. The lowest BCUT2D eigenvalue weighted by Gasteiger charge is -2.23. The lowest BCUT2D eigenvalue weighted by molar-refractivity contribution is 0.226. The predicted octanol–water partition coefficient (Wildman–Crippen LogP) is 2.01. The van der Waals surface area contributed by atoms with Gasteiger partial charge in [-0.15, -0.1) is 0 Å². The summed E-state index contributed by atoms with van der Waals surface area (Å²) in [4.78, 5) is 5.27. The normalized spacial score (nSPS) is 26.6. The van der Waals surface area contributed by atoms with Crippen LogP contribution in [0.4, 0.5) is 0 Å². The van der Waals surface area contributed by atoms with Gasteiger partial charge in [-0.2, -0.15) is 5.10 Å². The van der Waals surface area contributed by atoms with Crippen molar-refractivity contribution in [3.8, 4) is 0 Å². The summed E-state index contributed by atoms with van der Waals surface area (Å²) in [5, 5.41) is 4.37. The monoisotopic (exact) mass is 262 g/mol. The van der Waals surface area contributed by atoms with Crippen molar-refractivity contribution >= 4 is 0 Å². The number of hydrogen-bond donors (Lipinski definition) is 0. The minimum Gasteiger partial charge on any atom is -0.302 e. The van der Waals surface area contributed by atoms with Crippen molar-refractivity contribution in [1.82, 2.24) is 19.6 Å². The second-order valence-corrected chi connectivity index (χ2v) is 5.99. The van der Waals surface area contributed by atoms with Crippen LogP contribution in [0.15, 0.2) is 18.5 Å². The van der Waals surface area contributed by atoms with Crippen LogP contribution in [0.3, 0.4) is 0 Å². The van der Waals surface area contributed by atoms with E-state index in [9.17, 15) is 0 Å². The fourth-order valence-electron chi connectivity index (χ4n) is 3.37. The average molecular weight is 262 g/mol. The van der Waals surface area contributed by atoms with Crippen LogP contribution >= 0.6 is 0 Å². The van der Waals surface area contributed by atoms with Crippen molar-refractivity contribution in [3.05, 3.63) is 18.5 Å². The van der Waals surface area contributed by atoms with E-state index in [1.54, 1.807) is 0 Å². The first-order chi connectivity index (χ1) is 9.42. The first kappa shape index (κ1) is 13.1. The summed E-state index contributed by atoms with van der Waals surface area (Å²) >= 11 is 0. The molecule has 0 spiro atoms. The van der Waals surface area contributed by atoms with Crippen molar-refractivity contribution in [3.63, 3.8) is 0 Å². The molecule has 4 heteroatoms. The highest BCUT2D eigenvalue weighted by molar-refractivity contribution is 4.86. The second kappa shape index (κ2) is 6.53. The Morgan fingerprint density at radius 1 is 0.947 bits per heavy atom. The van der Waals surface area contributed by atoms with Crippen LogP contribution in [-0.4, -0.2) is 58.8 Å². The third kappa shape index (κ3) is 3.57. The number of aromatic nitrogens is 2. The van der Waals surface area contributed by atoms with Crippen LogP contribution in [0.5, 0.6) is 0 Å². The molecule has 0 aromatic carbocycles. The summed E-state index contributed by atoms with van der Waals surface area (Å²) in [6.45, 7) is 7.53. The van der Waals surface area contributed by atoms with Gasteiger partial charge in [-0.3, -0.25) is 9.58 Å². The van der Waals surface area contributed by atoms with E-state index in [0.29, 0.717) is 6.04 Å². The topological polar surface area (TPSA) is 24.3 Å². The molecule has 2 fully saturated rings. The molecule has 1 unspecified atom stereocenters. The van der Waals surface area contributed by atoms with E-state index in [-0.39, 0.29) is 0 Å². The van der Waals surface area contributed by atoms with Crippen LogP contribution < -0.4 is 0 Å². The molecular weight excluding hydrogens is 236 g/mol. The van der Waals surface area contributed by atoms with Gasteiger partial charge < -0.3 is 4.90 Å². The molecule has 0 N–H and O–H groups in total. The van der Waals surface area contributed by atoms with Gasteiger partial charge >= 0.3 is 0 Å². The Morgan fingerprint density at radius 2 is 1.74 bits per heavy atom. The standard InChI is InChI=1S/C15H26N4/c1-2-4-9-17(8-3-1)12-13-18-11-6-15(14-18)19-10-5-7-16-19/h5,7,10,15H,1-4,6,8-9,11-14H2. The lowest BCUT2D eigenvalue weighted by Crippen LogP contribution is -2.34. The van der Waals surface area contributed by atoms with Crippen LogP contribution in [0.1, 0.15) is 38.1 Å². The number of rotatable bonds is 4. The minimum absolute atomic E-state index is 0.596. The zero-order chi connectivity index (χ0) is 12.9. The zero-order valence-corrected chi connectivity index (χ0v) is 11.9. The van der Waals surface area contributed by atoms with Crippen LogP contribution in [0.25, 0.3) is 0 Å². The molecule has 2 saturated heterocycles. The molecule has 19 heavy (non-hydrogen) atoms. The van der Waals surface area contributed by atoms with Crippen molar-refractivity contribution in [1.29, 1.82) is 0 Å². The lowest BCUT2D eigenvalue weighted by atomic mass is 10.2. The van der Waals surface area contributed by atoms with Crippen molar-refractivity contribution in [2.75, 3.05) is 39.3 Å². The maximum absolute atomic E-state index is 4.37. The fraction of sp³-hybridized carbons (Fsp3) is 0.800. The summed E-state index contributed by atoms with van der Waals surface area (Å²) in [5.41, 5.74) is 0. The molecule has 1 atom stereocenters. The summed E-state index contributed by atoms with van der Waals surface area (Å²) in [5.74, 6) is 0. The van der Waals surface area contributed by atoms with Crippen molar-refractivity contribution < 1.29 is 0 Å². The summed E-state index contributed by atoms with van der Waals surface area (Å²) in [7, 11) is 0. The predicted molar refractivity (Wildman–Crippen MR) is 77.2 cm³/mol. The maximum atomic E-state index is 4.37. The first-order valence-corrected chi connectivity index (χ1v) is 7.86. The van der Waals surface area contributed by atoms with E-state index in [1.165, 1.54) is 71.4 Å². The molecule has 1 aromatic rings. The molecule has 2 aliphatic heterocycles. The van der Waals surface area contributed by atoms with Gasteiger partial charge in [-0.1, -0.05) is 12.8 Å². The van der Waals surface area contributed by atoms with Gasteiger partial charge in [0.15, 0.2) is 0 Å². The molecule has 0 radical (unpaired) electrons. The molecule has 0 bridgehead atoms. The Balaban J connectivity index is 1.41. The third-order valence-electron chi connectivity index (χ3n) is 4.58. The largest absolute Gasteiger partial charge is 0.302 e. The highest BCUT2D eigenvalue weighted by Gasteiger charge is 2.24. The van der Waals surface area contributed by atoms with Crippen molar-refractivity contribution in [2.45, 2.75) is 38.1 Å². The summed E-state index contributed by atoms with van der Waals surface area (Å²) < 4.78 is 2.13. The molecule has 0 saturated carbocycles. The maximum Gasteiger partial charge on any atom is 0.0658 e. The molecule has 1 aromatic heterocycles. The molecule has 3 heterocycles. The first-order valence-electron chi connectivity index (χ1n) is 7.86. The highest BCUT2D eigenvalue weighted by atomic mass is 15.3. The third-order valence-corrected chi connectivity index (χ3v) is 4.58. The van der Waals surface area contributed by atoms with Gasteiger partial charge in [0.2, 0.25) is 0 Å². The van der Waals surface area contributed by atoms with Gasteiger partial charge in [0, 0.05) is 38.6 Å². The quantitative estimate of drug-likeness (QED) is 0.829. The molecule has 2 aliphatic rings. The van der Waals surface area contributed by atoms with Crippen molar-refractivity contribution in [2.24, 2.45) is 0 Å².